The number of anilines is 2. The number of aromatic carboxylic acids is 1. The zero-order chi connectivity index (χ0) is 23.6. The number of carboxylic acid groups (broad SMARTS) is 1. The SMILES string of the molecule is O=C(O)c1ccccc1N=Nc1c(S(=O)(=O)[O-])cc2ccc(Nc3ccccc3)cc2c1[O-]. The van der Waals surface area contributed by atoms with Crippen molar-refractivity contribution >= 4 is 49.6 Å². The maximum Gasteiger partial charge on any atom is 0.337 e. The summed E-state index contributed by atoms with van der Waals surface area (Å²) in [5.41, 5.74) is 0.346. The molecule has 4 rings (SSSR count). The number of nitrogens with one attached hydrogen (secondary N) is 1. The summed E-state index contributed by atoms with van der Waals surface area (Å²) in [6.45, 7) is 0. The molecule has 4 aromatic carbocycles. The third kappa shape index (κ3) is 4.66. The first-order valence-corrected chi connectivity index (χ1v) is 10.9. The number of benzene rings is 4. The summed E-state index contributed by atoms with van der Waals surface area (Å²) in [6.07, 6.45) is 0. The van der Waals surface area contributed by atoms with E-state index in [9.17, 15) is 28.0 Å². The second-order valence-corrected chi connectivity index (χ2v) is 8.30. The standard InChI is InChI=1S/C23H17N3O6S/c27-22-18-13-16(24-15-6-2-1-3-7-15)11-10-14(18)12-20(33(30,31)32)21(22)26-25-19-9-5-4-8-17(19)23(28)29/h1-13,24,27H,(H,28,29)(H,30,31,32)/p-2. The van der Waals surface area contributed by atoms with Crippen LogP contribution in [0.4, 0.5) is 22.7 Å². The number of carboxylic acids is 1. The van der Waals surface area contributed by atoms with Crippen LogP contribution >= 0.6 is 0 Å². The van der Waals surface area contributed by atoms with E-state index in [2.05, 4.69) is 15.5 Å². The van der Waals surface area contributed by atoms with Crippen molar-refractivity contribution in [2.75, 3.05) is 5.32 Å². The molecule has 33 heavy (non-hydrogen) atoms. The Morgan fingerprint density at radius 3 is 2.27 bits per heavy atom. The van der Waals surface area contributed by atoms with Gasteiger partial charge in [0.05, 0.1) is 16.1 Å². The minimum absolute atomic E-state index is 0.0989. The van der Waals surface area contributed by atoms with Crippen molar-refractivity contribution in [2.24, 2.45) is 10.2 Å². The predicted octanol–water partition coefficient (Wildman–Crippen LogP) is 4.67. The molecule has 166 valence electrons. The van der Waals surface area contributed by atoms with E-state index in [0.29, 0.717) is 5.69 Å². The number of para-hydroxylation sites is 1. The van der Waals surface area contributed by atoms with Crippen LogP contribution in [0.1, 0.15) is 10.4 Å². The first kappa shape index (κ1) is 21.9. The third-order valence-electron chi connectivity index (χ3n) is 4.76. The molecule has 0 amide bonds. The molecule has 2 N–H and O–H groups in total. The van der Waals surface area contributed by atoms with E-state index in [4.69, 9.17) is 0 Å². The van der Waals surface area contributed by atoms with Gasteiger partial charge in [0.15, 0.2) is 0 Å². The molecule has 0 saturated carbocycles. The Morgan fingerprint density at radius 2 is 1.58 bits per heavy atom. The van der Waals surface area contributed by atoms with Gasteiger partial charge in [0.25, 0.3) is 0 Å². The van der Waals surface area contributed by atoms with Gasteiger partial charge in [-0.3, -0.25) is 0 Å². The predicted molar refractivity (Wildman–Crippen MR) is 119 cm³/mol. The van der Waals surface area contributed by atoms with Crippen molar-refractivity contribution in [3.05, 3.63) is 84.4 Å². The van der Waals surface area contributed by atoms with E-state index in [1.165, 1.54) is 36.4 Å². The molecule has 0 fully saturated rings. The van der Waals surface area contributed by atoms with E-state index < -0.39 is 32.4 Å². The molecule has 10 heteroatoms. The number of hydrogen-bond acceptors (Lipinski definition) is 8. The highest BCUT2D eigenvalue weighted by atomic mass is 32.2. The maximum absolute atomic E-state index is 13.1. The van der Waals surface area contributed by atoms with Gasteiger partial charge in [-0.15, -0.1) is 10.2 Å². The molecule has 9 nitrogen and oxygen atoms in total. The fraction of sp³-hybridized carbons (Fsp3) is 0. The molecule has 0 saturated heterocycles. The van der Waals surface area contributed by atoms with Crippen molar-refractivity contribution in [1.82, 2.24) is 0 Å². The van der Waals surface area contributed by atoms with Crippen LogP contribution in [0.15, 0.2) is 94.0 Å². The lowest BCUT2D eigenvalue weighted by atomic mass is 10.1. The van der Waals surface area contributed by atoms with Gasteiger partial charge >= 0.3 is 5.97 Å². The number of carbonyl (C=O) groups is 1. The summed E-state index contributed by atoms with van der Waals surface area (Å²) in [6, 6.07) is 20.5. The number of hydrogen-bond donors (Lipinski definition) is 2. The van der Waals surface area contributed by atoms with Crippen LogP contribution in [0, 0.1) is 0 Å². The largest absolute Gasteiger partial charge is 0.871 e. The summed E-state index contributed by atoms with van der Waals surface area (Å²) < 4.78 is 35.5. The molecule has 0 atom stereocenters. The van der Waals surface area contributed by atoms with E-state index in [0.717, 1.165) is 11.8 Å². The Kier molecular flexibility index (Phi) is 5.78. The zero-order valence-corrected chi connectivity index (χ0v) is 17.6. The topological polar surface area (TPSA) is 154 Å². The minimum Gasteiger partial charge on any atom is -0.871 e. The average molecular weight is 461 g/mol. The van der Waals surface area contributed by atoms with Crippen molar-refractivity contribution in [2.45, 2.75) is 4.90 Å². The number of azo groups is 1. The van der Waals surface area contributed by atoms with Crippen molar-refractivity contribution in [3.63, 3.8) is 0 Å². The van der Waals surface area contributed by atoms with Gasteiger partial charge in [-0.25, -0.2) is 13.2 Å². The Morgan fingerprint density at radius 1 is 0.879 bits per heavy atom. The summed E-state index contributed by atoms with van der Waals surface area (Å²) in [7, 11) is -5.07. The molecule has 0 aromatic heterocycles. The number of fused-ring (bicyclic) bond motifs is 1. The van der Waals surface area contributed by atoms with Crippen molar-refractivity contribution < 1.29 is 28.0 Å². The molecule has 0 aliphatic carbocycles. The summed E-state index contributed by atoms with van der Waals surface area (Å²) >= 11 is 0. The number of rotatable bonds is 6. The fourth-order valence-electron chi connectivity index (χ4n) is 3.22. The van der Waals surface area contributed by atoms with Crippen molar-refractivity contribution in [1.29, 1.82) is 0 Å². The molecule has 0 radical (unpaired) electrons. The van der Waals surface area contributed by atoms with Gasteiger partial charge in [-0.1, -0.05) is 42.1 Å². The highest BCUT2D eigenvalue weighted by Gasteiger charge is 2.15. The molecule has 0 heterocycles. The van der Waals surface area contributed by atoms with E-state index in [1.54, 1.807) is 6.07 Å². The van der Waals surface area contributed by atoms with Gasteiger partial charge in [0, 0.05) is 11.4 Å². The molecule has 0 bridgehead atoms. The molecule has 0 aliphatic heterocycles. The van der Waals surface area contributed by atoms with Crippen molar-refractivity contribution in [3.8, 4) is 5.75 Å². The van der Waals surface area contributed by atoms with Gasteiger partial charge in [-0.2, -0.15) is 0 Å². The lowest BCUT2D eigenvalue weighted by Crippen LogP contribution is -2.03. The van der Waals surface area contributed by atoms with Gasteiger partial charge < -0.3 is 20.1 Å². The van der Waals surface area contributed by atoms with Gasteiger partial charge in [0.1, 0.15) is 15.8 Å². The molecule has 0 unspecified atom stereocenters. The average Bonchev–Trinajstić information content (AvgIpc) is 2.79. The molecule has 0 spiro atoms. The van der Waals surface area contributed by atoms with Crippen LogP contribution in [-0.4, -0.2) is 24.0 Å². The smallest absolute Gasteiger partial charge is 0.337 e. The van der Waals surface area contributed by atoms with Crippen LogP contribution in [0.2, 0.25) is 0 Å². The lowest BCUT2D eigenvalue weighted by Gasteiger charge is -2.20. The van der Waals surface area contributed by atoms with Crippen LogP contribution in [0.3, 0.4) is 0 Å². The third-order valence-corrected chi connectivity index (χ3v) is 5.61. The first-order chi connectivity index (χ1) is 15.7. The molecule has 4 aromatic rings. The zero-order valence-electron chi connectivity index (χ0n) is 16.8. The highest BCUT2D eigenvalue weighted by molar-refractivity contribution is 7.86. The van der Waals surface area contributed by atoms with E-state index in [-0.39, 0.29) is 22.0 Å². The highest BCUT2D eigenvalue weighted by Crippen LogP contribution is 2.41. The normalized spacial score (nSPS) is 11.7. The van der Waals surface area contributed by atoms with Crippen LogP contribution < -0.4 is 10.4 Å². The number of nitrogens with zero attached hydrogens (tertiary/aromatic N) is 2. The van der Waals surface area contributed by atoms with Gasteiger partial charge in [-0.05, 0) is 53.2 Å². The first-order valence-electron chi connectivity index (χ1n) is 9.54. The monoisotopic (exact) mass is 461 g/mol. The fourth-order valence-corrected chi connectivity index (χ4v) is 3.87. The molecule has 0 aliphatic rings. The Hall–Kier alpha value is -4.28. The van der Waals surface area contributed by atoms with Gasteiger partial charge in [0.2, 0.25) is 0 Å². The van der Waals surface area contributed by atoms with E-state index >= 15 is 0 Å². The summed E-state index contributed by atoms with van der Waals surface area (Å²) in [4.78, 5) is 10.5. The summed E-state index contributed by atoms with van der Waals surface area (Å²) in [5.74, 6) is -2.10. The minimum atomic E-state index is -5.07. The molecular formula is C23H15N3O6S-2. The van der Waals surface area contributed by atoms with Crippen LogP contribution in [0.25, 0.3) is 10.8 Å². The lowest BCUT2D eigenvalue weighted by molar-refractivity contribution is -0.265. The quantitative estimate of drug-likeness (QED) is 0.312. The van der Waals surface area contributed by atoms with Crippen LogP contribution in [0.5, 0.6) is 5.75 Å². The Bertz CT molecular complexity index is 1500. The van der Waals surface area contributed by atoms with E-state index in [1.807, 2.05) is 30.3 Å². The van der Waals surface area contributed by atoms with Crippen LogP contribution in [-0.2, 0) is 10.1 Å². The Balaban J connectivity index is 1.86. The summed E-state index contributed by atoms with van der Waals surface area (Å²) in [5, 5.41) is 33.3. The maximum atomic E-state index is 13.1. The molecular weight excluding hydrogens is 446 g/mol. The second-order valence-electron chi connectivity index (χ2n) is 6.96. The second kappa shape index (κ2) is 8.69. The Labute approximate surface area is 188 Å².